The van der Waals surface area contributed by atoms with Gasteiger partial charge in [0.1, 0.15) is 23.3 Å². The Kier molecular flexibility index (Phi) is 7.20. The molecule has 184 valence electrons. The van der Waals surface area contributed by atoms with Crippen molar-refractivity contribution >= 4 is 33.6 Å². The maximum atomic E-state index is 13.4. The molecule has 2 aromatic rings. The van der Waals surface area contributed by atoms with E-state index in [0.29, 0.717) is 0 Å². The van der Waals surface area contributed by atoms with Gasteiger partial charge in [-0.25, -0.2) is 22.4 Å². The number of halogens is 1. The van der Waals surface area contributed by atoms with Crippen LogP contribution in [0.5, 0.6) is 5.75 Å². The van der Waals surface area contributed by atoms with Crippen LogP contribution in [0.4, 0.5) is 25.4 Å². The fourth-order valence-corrected chi connectivity index (χ4v) is 4.65. The van der Waals surface area contributed by atoms with E-state index in [1.807, 2.05) is 0 Å². The minimum atomic E-state index is -4.14. The molecule has 0 saturated carbocycles. The van der Waals surface area contributed by atoms with Gasteiger partial charge in [0.2, 0.25) is 0 Å². The van der Waals surface area contributed by atoms with E-state index >= 15 is 0 Å². The number of carbonyl (C=O) groups is 2. The lowest BCUT2D eigenvalue weighted by Gasteiger charge is -2.35. The first-order chi connectivity index (χ1) is 15.9. The Balaban J connectivity index is 1.96. The number of amides is 2. The van der Waals surface area contributed by atoms with Crippen molar-refractivity contribution in [2.45, 2.75) is 37.4 Å². The van der Waals surface area contributed by atoms with Crippen LogP contribution in [0.3, 0.4) is 0 Å². The van der Waals surface area contributed by atoms with E-state index in [9.17, 15) is 22.4 Å². The van der Waals surface area contributed by atoms with E-state index in [0.717, 1.165) is 28.6 Å². The van der Waals surface area contributed by atoms with Gasteiger partial charge in [-0.3, -0.25) is 9.62 Å². The van der Waals surface area contributed by atoms with Crippen LogP contribution in [0, 0.1) is 5.82 Å². The van der Waals surface area contributed by atoms with Crippen molar-refractivity contribution in [1.82, 2.24) is 5.32 Å². The molecule has 0 spiro atoms. The van der Waals surface area contributed by atoms with Crippen LogP contribution in [0.15, 0.2) is 47.4 Å². The van der Waals surface area contributed by atoms with Crippen molar-refractivity contribution in [2.24, 2.45) is 0 Å². The van der Waals surface area contributed by atoms with E-state index < -0.39 is 39.7 Å². The van der Waals surface area contributed by atoms with Crippen LogP contribution < -0.4 is 19.7 Å². The van der Waals surface area contributed by atoms with E-state index in [-0.39, 0.29) is 35.1 Å². The standard InChI is InChI=1S/C22H26FN3O7S/c1-22(2,3)33-21(28)25-15-7-10-19-18(11-15)26(13-16(32-19)12-24-20(27)31-4)34(29,30)17-8-5-14(23)6-9-17/h5-11,16H,12-13H2,1-4H3,(H,24,27)(H,25,28). The predicted molar refractivity (Wildman–Crippen MR) is 122 cm³/mol. The summed E-state index contributed by atoms with van der Waals surface area (Å²) in [6.07, 6.45) is -2.15. The number of nitrogens with one attached hydrogen (secondary N) is 2. The third-order valence-corrected chi connectivity index (χ3v) is 6.39. The second-order valence-electron chi connectivity index (χ2n) is 8.41. The van der Waals surface area contributed by atoms with Crippen molar-refractivity contribution in [3.63, 3.8) is 0 Å². The van der Waals surface area contributed by atoms with Gasteiger partial charge in [-0.2, -0.15) is 0 Å². The molecule has 1 atom stereocenters. The van der Waals surface area contributed by atoms with Crippen LogP contribution in [-0.4, -0.2) is 52.5 Å². The molecule has 34 heavy (non-hydrogen) atoms. The number of fused-ring (bicyclic) bond motifs is 1. The zero-order valence-electron chi connectivity index (χ0n) is 19.1. The number of hydrogen-bond donors (Lipinski definition) is 2. The largest absolute Gasteiger partial charge is 0.484 e. The number of carbonyl (C=O) groups excluding carboxylic acids is 2. The Morgan fingerprint density at radius 2 is 1.82 bits per heavy atom. The molecule has 2 amide bonds. The maximum absolute atomic E-state index is 13.4. The molecular weight excluding hydrogens is 469 g/mol. The summed E-state index contributed by atoms with van der Waals surface area (Å²) in [7, 11) is -2.94. The Morgan fingerprint density at radius 3 is 2.44 bits per heavy atom. The number of alkyl carbamates (subject to hydrolysis) is 1. The van der Waals surface area contributed by atoms with Gasteiger partial charge in [0.25, 0.3) is 10.0 Å². The average molecular weight is 496 g/mol. The van der Waals surface area contributed by atoms with Gasteiger partial charge in [-0.05, 0) is 63.2 Å². The van der Waals surface area contributed by atoms with Crippen molar-refractivity contribution in [3.8, 4) is 5.75 Å². The zero-order valence-corrected chi connectivity index (χ0v) is 19.9. The number of sulfonamides is 1. The van der Waals surface area contributed by atoms with Gasteiger partial charge < -0.3 is 19.5 Å². The molecule has 0 radical (unpaired) electrons. The molecule has 0 aliphatic carbocycles. The molecule has 0 saturated heterocycles. The summed E-state index contributed by atoms with van der Waals surface area (Å²) in [5.41, 5.74) is -0.284. The molecule has 10 nitrogen and oxygen atoms in total. The SMILES string of the molecule is COC(=O)NCC1CN(S(=O)(=O)c2ccc(F)cc2)c2cc(NC(=O)OC(C)(C)C)ccc2O1. The number of nitrogens with zero attached hydrogens (tertiary/aromatic N) is 1. The smallest absolute Gasteiger partial charge is 0.412 e. The summed E-state index contributed by atoms with van der Waals surface area (Å²) in [6, 6.07) is 8.87. The third kappa shape index (κ3) is 6.07. The molecule has 0 aromatic heterocycles. The van der Waals surface area contributed by atoms with Gasteiger partial charge in [0, 0.05) is 5.69 Å². The number of methoxy groups -OCH3 is 1. The van der Waals surface area contributed by atoms with E-state index in [2.05, 4.69) is 15.4 Å². The second kappa shape index (κ2) is 9.75. The molecule has 0 fully saturated rings. The summed E-state index contributed by atoms with van der Waals surface area (Å²) in [6.45, 7) is 4.96. The van der Waals surface area contributed by atoms with Gasteiger partial charge in [0.15, 0.2) is 0 Å². The topological polar surface area (TPSA) is 123 Å². The number of ether oxygens (including phenoxy) is 3. The molecule has 2 aromatic carbocycles. The molecule has 1 heterocycles. The molecule has 12 heteroatoms. The van der Waals surface area contributed by atoms with Crippen molar-refractivity contribution in [3.05, 3.63) is 48.3 Å². The summed E-state index contributed by atoms with van der Waals surface area (Å²) in [5, 5.41) is 5.05. The van der Waals surface area contributed by atoms with Crippen LogP contribution in [-0.2, 0) is 19.5 Å². The highest BCUT2D eigenvalue weighted by Gasteiger charge is 2.35. The lowest BCUT2D eigenvalue weighted by molar-refractivity contribution is 0.0636. The normalized spacial score (nSPS) is 15.6. The minimum Gasteiger partial charge on any atom is -0.484 e. The average Bonchev–Trinajstić information content (AvgIpc) is 2.75. The van der Waals surface area contributed by atoms with E-state index in [4.69, 9.17) is 9.47 Å². The molecule has 2 N–H and O–H groups in total. The number of rotatable bonds is 5. The molecule has 0 bridgehead atoms. The first kappa shape index (κ1) is 25.1. The van der Waals surface area contributed by atoms with Crippen molar-refractivity contribution < 1.29 is 36.6 Å². The number of benzene rings is 2. The number of anilines is 2. The Bertz CT molecular complexity index is 1160. The third-order valence-electron chi connectivity index (χ3n) is 4.60. The molecule has 1 unspecified atom stereocenters. The summed E-state index contributed by atoms with van der Waals surface area (Å²) < 4.78 is 57.0. The van der Waals surface area contributed by atoms with Crippen LogP contribution in [0.25, 0.3) is 0 Å². The highest BCUT2D eigenvalue weighted by molar-refractivity contribution is 7.92. The van der Waals surface area contributed by atoms with Crippen molar-refractivity contribution in [2.75, 3.05) is 29.8 Å². The Morgan fingerprint density at radius 1 is 1.15 bits per heavy atom. The Labute approximate surface area is 197 Å². The van der Waals surface area contributed by atoms with Gasteiger partial charge in [-0.15, -0.1) is 0 Å². The second-order valence-corrected chi connectivity index (χ2v) is 10.3. The first-order valence-corrected chi connectivity index (χ1v) is 11.7. The molecule has 1 aliphatic rings. The zero-order chi connectivity index (χ0) is 25.1. The summed E-state index contributed by atoms with van der Waals surface area (Å²) >= 11 is 0. The van der Waals surface area contributed by atoms with E-state index in [1.54, 1.807) is 20.8 Å². The Hall–Kier alpha value is -3.54. The highest BCUT2D eigenvalue weighted by atomic mass is 32.2. The molecular formula is C22H26FN3O7S. The van der Waals surface area contributed by atoms with Gasteiger partial charge in [-0.1, -0.05) is 0 Å². The lowest BCUT2D eigenvalue weighted by atomic mass is 10.2. The first-order valence-electron chi connectivity index (χ1n) is 10.3. The van der Waals surface area contributed by atoms with Gasteiger partial charge >= 0.3 is 12.2 Å². The maximum Gasteiger partial charge on any atom is 0.412 e. The van der Waals surface area contributed by atoms with Crippen LogP contribution in [0.2, 0.25) is 0 Å². The quantitative estimate of drug-likeness (QED) is 0.651. The van der Waals surface area contributed by atoms with Crippen LogP contribution >= 0.6 is 0 Å². The lowest BCUT2D eigenvalue weighted by Crippen LogP contribution is -2.48. The van der Waals surface area contributed by atoms with Gasteiger partial charge in [0.05, 0.1) is 30.8 Å². The van der Waals surface area contributed by atoms with E-state index in [1.165, 1.54) is 25.3 Å². The summed E-state index contributed by atoms with van der Waals surface area (Å²) in [5.74, 6) is -0.367. The highest BCUT2D eigenvalue weighted by Crippen LogP contribution is 2.39. The fourth-order valence-electron chi connectivity index (χ4n) is 3.15. The fraction of sp³-hybridized carbons (Fsp3) is 0.364. The molecule has 1 aliphatic heterocycles. The van der Waals surface area contributed by atoms with Crippen molar-refractivity contribution in [1.29, 1.82) is 0 Å². The van der Waals surface area contributed by atoms with Crippen LogP contribution in [0.1, 0.15) is 20.8 Å². The summed E-state index contributed by atoms with van der Waals surface area (Å²) in [4.78, 5) is 23.5. The number of hydrogen-bond acceptors (Lipinski definition) is 7. The monoisotopic (exact) mass is 495 g/mol. The molecule has 3 rings (SSSR count). The predicted octanol–water partition coefficient (Wildman–Crippen LogP) is 3.49. The minimum absolute atomic E-state index is 0.0283.